The Morgan fingerprint density at radius 1 is 1.00 bits per heavy atom. The first-order valence-electron chi connectivity index (χ1n) is 10.3. The highest BCUT2D eigenvalue weighted by molar-refractivity contribution is 6.30. The summed E-state index contributed by atoms with van der Waals surface area (Å²) in [5.74, 6) is 0.0128. The van der Waals surface area contributed by atoms with Crippen LogP contribution in [0, 0.1) is 0 Å². The fraction of sp³-hybridized carbons (Fsp3) is 0.417. The highest BCUT2D eigenvalue weighted by atomic mass is 35.5. The molecule has 0 aliphatic carbocycles. The maximum atomic E-state index is 12.3. The number of halogens is 1. The van der Waals surface area contributed by atoms with Gasteiger partial charge in [-0.1, -0.05) is 29.8 Å². The lowest BCUT2D eigenvalue weighted by Crippen LogP contribution is -2.44. The van der Waals surface area contributed by atoms with Crippen LogP contribution in [0.25, 0.3) is 11.1 Å². The molecule has 2 aromatic carbocycles. The smallest absolute Gasteiger partial charge is 0.410 e. The molecule has 0 N–H and O–H groups in total. The molecule has 0 unspecified atom stereocenters. The lowest BCUT2D eigenvalue weighted by atomic mass is 10.0. The number of rotatable bonds is 4. The van der Waals surface area contributed by atoms with E-state index in [1.165, 1.54) is 7.11 Å². The fourth-order valence-electron chi connectivity index (χ4n) is 3.38. The number of ether oxygens (including phenoxy) is 3. The number of nitrogens with zero attached hydrogens (tertiary/aromatic N) is 1. The Hall–Kier alpha value is -2.73. The van der Waals surface area contributed by atoms with Gasteiger partial charge in [0.25, 0.3) is 0 Å². The van der Waals surface area contributed by atoms with Crippen LogP contribution < -0.4 is 4.74 Å². The molecular formula is C24H28ClNO5. The van der Waals surface area contributed by atoms with Gasteiger partial charge in [-0.15, -0.1) is 0 Å². The second-order valence-corrected chi connectivity index (χ2v) is 8.93. The lowest BCUT2D eigenvalue weighted by Gasteiger charge is -2.33. The summed E-state index contributed by atoms with van der Waals surface area (Å²) in [6.45, 7) is 6.61. The lowest BCUT2D eigenvalue weighted by molar-refractivity contribution is 0.0126. The molecule has 7 heteroatoms. The maximum absolute atomic E-state index is 12.3. The van der Waals surface area contributed by atoms with Gasteiger partial charge in [-0.25, -0.2) is 9.59 Å². The van der Waals surface area contributed by atoms with Gasteiger partial charge in [0.15, 0.2) is 0 Å². The van der Waals surface area contributed by atoms with Crippen molar-refractivity contribution in [1.82, 2.24) is 4.90 Å². The first-order valence-corrected chi connectivity index (χ1v) is 10.7. The fourth-order valence-corrected chi connectivity index (χ4v) is 3.51. The summed E-state index contributed by atoms with van der Waals surface area (Å²) < 4.78 is 16.6. The van der Waals surface area contributed by atoms with E-state index >= 15 is 0 Å². The standard InChI is InChI=1S/C24H28ClNO5/c1-24(2,3)31-23(28)26-13-11-19(12-14-26)30-21-15-17(7-10-20(21)22(27)29-4)16-5-8-18(25)9-6-16/h5-10,15,19H,11-14H2,1-4H3. The first kappa shape index (κ1) is 22.9. The molecule has 1 heterocycles. The van der Waals surface area contributed by atoms with Crippen molar-refractivity contribution in [2.45, 2.75) is 45.3 Å². The molecule has 166 valence electrons. The second kappa shape index (κ2) is 9.60. The Morgan fingerprint density at radius 2 is 1.61 bits per heavy atom. The summed E-state index contributed by atoms with van der Waals surface area (Å²) in [5, 5.41) is 0.656. The van der Waals surface area contributed by atoms with E-state index < -0.39 is 11.6 Å². The minimum Gasteiger partial charge on any atom is -0.489 e. The third-order valence-electron chi connectivity index (χ3n) is 4.95. The molecule has 0 bridgehead atoms. The molecule has 31 heavy (non-hydrogen) atoms. The summed E-state index contributed by atoms with van der Waals surface area (Å²) in [7, 11) is 1.35. The van der Waals surface area contributed by atoms with E-state index in [0.717, 1.165) is 11.1 Å². The molecule has 2 aromatic rings. The van der Waals surface area contributed by atoms with Crippen LogP contribution >= 0.6 is 11.6 Å². The molecule has 0 aromatic heterocycles. The Bertz CT molecular complexity index is 928. The Balaban J connectivity index is 1.74. The van der Waals surface area contributed by atoms with E-state index in [9.17, 15) is 9.59 Å². The molecule has 1 amide bonds. The van der Waals surface area contributed by atoms with Crippen LogP contribution in [0.15, 0.2) is 42.5 Å². The SMILES string of the molecule is COC(=O)c1ccc(-c2ccc(Cl)cc2)cc1OC1CCN(C(=O)OC(C)(C)C)CC1. The van der Waals surface area contributed by atoms with Gasteiger partial charge in [-0.3, -0.25) is 0 Å². The van der Waals surface area contributed by atoms with Crippen molar-refractivity contribution in [3.63, 3.8) is 0 Å². The summed E-state index contributed by atoms with van der Waals surface area (Å²) >= 11 is 5.99. The Kier molecular flexibility index (Phi) is 7.11. The minimum absolute atomic E-state index is 0.123. The Morgan fingerprint density at radius 3 is 2.19 bits per heavy atom. The van der Waals surface area contributed by atoms with Crippen LogP contribution in [0.4, 0.5) is 4.79 Å². The molecule has 3 rings (SSSR count). The van der Waals surface area contributed by atoms with E-state index in [0.29, 0.717) is 42.3 Å². The van der Waals surface area contributed by atoms with Crippen LogP contribution in [0.2, 0.25) is 5.02 Å². The quantitative estimate of drug-likeness (QED) is 0.575. The monoisotopic (exact) mass is 445 g/mol. The zero-order chi connectivity index (χ0) is 22.6. The van der Waals surface area contributed by atoms with Crippen LogP contribution in [0.1, 0.15) is 44.0 Å². The zero-order valence-corrected chi connectivity index (χ0v) is 19.1. The number of carbonyl (C=O) groups is 2. The number of methoxy groups -OCH3 is 1. The molecular weight excluding hydrogens is 418 g/mol. The number of benzene rings is 2. The number of amides is 1. The topological polar surface area (TPSA) is 65.1 Å². The normalized spacial score (nSPS) is 14.8. The van der Waals surface area contributed by atoms with Crippen molar-refractivity contribution < 1.29 is 23.8 Å². The van der Waals surface area contributed by atoms with E-state index in [2.05, 4.69) is 0 Å². The molecule has 0 radical (unpaired) electrons. The number of piperidine rings is 1. The predicted molar refractivity (Wildman–Crippen MR) is 120 cm³/mol. The van der Waals surface area contributed by atoms with Crippen molar-refractivity contribution >= 4 is 23.7 Å². The number of carbonyl (C=O) groups excluding carboxylic acids is 2. The Labute approximate surface area is 188 Å². The highest BCUT2D eigenvalue weighted by Gasteiger charge is 2.28. The molecule has 0 saturated carbocycles. The first-order chi connectivity index (χ1) is 14.7. The average Bonchev–Trinajstić information content (AvgIpc) is 2.73. The molecule has 0 atom stereocenters. The van der Waals surface area contributed by atoms with Gasteiger partial charge in [0, 0.05) is 31.0 Å². The van der Waals surface area contributed by atoms with Gasteiger partial charge in [-0.2, -0.15) is 0 Å². The van der Waals surface area contributed by atoms with Crippen LogP contribution in [0.5, 0.6) is 5.75 Å². The minimum atomic E-state index is -0.526. The van der Waals surface area contributed by atoms with Crippen molar-refractivity contribution in [3.05, 3.63) is 53.1 Å². The van der Waals surface area contributed by atoms with Gasteiger partial charge in [0.1, 0.15) is 23.0 Å². The molecule has 1 aliphatic heterocycles. The number of hydrogen-bond donors (Lipinski definition) is 0. The third-order valence-corrected chi connectivity index (χ3v) is 5.20. The van der Waals surface area contributed by atoms with Crippen molar-refractivity contribution in [2.24, 2.45) is 0 Å². The van der Waals surface area contributed by atoms with Crippen LogP contribution in [-0.4, -0.2) is 48.9 Å². The number of esters is 1. The second-order valence-electron chi connectivity index (χ2n) is 8.49. The van der Waals surface area contributed by atoms with Crippen molar-refractivity contribution in [3.8, 4) is 16.9 Å². The molecule has 0 spiro atoms. The summed E-state index contributed by atoms with van der Waals surface area (Å²) in [4.78, 5) is 26.2. The zero-order valence-electron chi connectivity index (χ0n) is 18.3. The van der Waals surface area contributed by atoms with Gasteiger partial charge < -0.3 is 19.1 Å². The molecule has 6 nitrogen and oxygen atoms in total. The van der Waals surface area contributed by atoms with Gasteiger partial charge in [0.2, 0.25) is 0 Å². The van der Waals surface area contributed by atoms with Crippen LogP contribution in [-0.2, 0) is 9.47 Å². The van der Waals surface area contributed by atoms with Gasteiger partial charge >= 0.3 is 12.1 Å². The van der Waals surface area contributed by atoms with E-state index in [1.54, 1.807) is 11.0 Å². The van der Waals surface area contributed by atoms with E-state index in [4.69, 9.17) is 25.8 Å². The van der Waals surface area contributed by atoms with E-state index in [1.807, 2.05) is 57.2 Å². The largest absolute Gasteiger partial charge is 0.489 e. The molecule has 1 aliphatic rings. The van der Waals surface area contributed by atoms with Crippen molar-refractivity contribution in [2.75, 3.05) is 20.2 Å². The highest BCUT2D eigenvalue weighted by Crippen LogP contribution is 2.31. The maximum Gasteiger partial charge on any atom is 0.410 e. The van der Waals surface area contributed by atoms with Gasteiger partial charge in [-0.05, 0) is 56.2 Å². The predicted octanol–water partition coefficient (Wildman–Crippen LogP) is 5.57. The molecule has 1 saturated heterocycles. The number of hydrogen-bond acceptors (Lipinski definition) is 5. The summed E-state index contributed by atoms with van der Waals surface area (Å²) in [5.41, 5.74) is 1.72. The van der Waals surface area contributed by atoms with Gasteiger partial charge in [0.05, 0.1) is 7.11 Å². The molecule has 1 fully saturated rings. The number of likely N-dealkylation sites (tertiary alicyclic amines) is 1. The van der Waals surface area contributed by atoms with Crippen LogP contribution in [0.3, 0.4) is 0 Å². The average molecular weight is 446 g/mol. The summed E-state index contributed by atoms with van der Waals surface area (Å²) in [6.07, 6.45) is 0.851. The summed E-state index contributed by atoms with van der Waals surface area (Å²) in [6, 6.07) is 12.9. The third kappa shape index (κ3) is 6.14. The van der Waals surface area contributed by atoms with Crippen molar-refractivity contribution in [1.29, 1.82) is 0 Å². The van der Waals surface area contributed by atoms with E-state index in [-0.39, 0.29) is 12.2 Å².